The summed E-state index contributed by atoms with van der Waals surface area (Å²) in [5, 5.41) is 11.9. The zero-order chi connectivity index (χ0) is 12.4. The molecule has 0 saturated heterocycles. The number of halogens is 2. The maximum Gasteiger partial charge on any atom is 0.309 e. The Hall–Kier alpha value is -0.910. The molecule has 0 radical (unpaired) electrons. The van der Waals surface area contributed by atoms with Crippen molar-refractivity contribution in [3.05, 3.63) is 38.8 Å². The van der Waals surface area contributed by atoms with Crippen molar-refractivity contribution in [2.75, 3.05) is 0 Å². The van der Waals surface area contributed by atoms with Crippen LogP contribution >= 0.6 is 38.9 Å². The number of nitrogens with zero attached hydrogens (tertiary/aromatic N) is 1. The van der Waals surface area contributed by atoms with E-state index in [0.717, 1.165) is 15.0 Å². The summed E-state index contributed by atoms with van der Waals surface area (Å²) in [5.74, 6) is -0.878. The molecule has 88 valence electrons. The monoisotopic (exact) mass is 331 g/mol. The maximum absolute atomic E-state index is 10.6. The van der Waals surface area contributed by atoms with Gasteiger partial charge in [0, 0.05) is 20.4 Å². The van der Waals surface area contributed by atoms with Crippen LogP contribution in [0.1, 0.15) is 5.69 Å². The molecule has 0 aliphatic carbocycles. The highest BCUT2D eigenvalue weighted by Crippen LogP contribution is 2.32. The first-order valence-electron chi connectivity index (χ1n) is 4.68. The highest BCUT2D eigenvalue weighted by Gasteiger charge is 2.10. The van der Waals surface area contributed by atoms with Crippen LogP contribution in [0.2, 0.25) is 5.02 Å². The van der Waals surface area contributed by atoms with E-state index >= 15 is 0 Å². The van der Waals surface area contributed by atoms with Gasteiger partial charge in [-0.05, 0) is 18.2 Å². The lowest BCUT2D eigenvalue weighted by Crippen LogP contribution is -1.99. The van der Waals surface area contributed by atoms with E-state index in [9.17, 15) is 4.79 Å². The molecule has 2 rings (SSSR count). The minimum atomic E-state index is -0.878. The van der Waals surface area contributed by atoms with Crippen LogP contribution in [0.3, 0.4) is 0 Å². The molecule has 17 heavy (non-hydrogen) atoms. The Balaban J connectivity index is 2.33. The largest absolute Gasteiger partial charge is 0.481 e. The number of aliphatic carboxylic acids is 1. The Morgan fingerprint density at radius 2 is 2.29 bits per heavy atom. The van der Waals surface area contributed by atoms with Gasteiger partial charge in [-0.3, -0.25) is 4.79 Å². The van der Waals surface area contributed by atoms with Gasteiger partial charge < -0.3 is 5.11 Å². The Morgan fingerprint density at radius 1 is 1.53 bits per heavy atom. The number of benzene rings is 1. The van der Waals surface area contributed by atoms with Crippen molar-refractivity contribution >= 4 is 44.8 Å². The molecule has 6 heteroatoms. The third kappa shape index (κ3) is 3.06. The highest BCUT2D eigenvalue weighted by atomic mass is 79.9. The molecule has 1 heterocycles. The minimum Gasteiger partial charge on any atom is -0.481 e. The van der Waals surface area contributed by atoms with Gasteiger partial charge in [0.25, 0.3) is 0 Å². The number of carboxylic acids is 1. The van der Waals surface area contributed by atoms with Gasteiger partial charge in [-0.2, -0.15) is 0 Å². The van der Waals surface area contributed by atoms with Crippen LogP contribution in [0.15, 0.2) is 28.1 Å². The van der Waals surface area contributed by atoms with Crippen LogP contribution in [-0.4, -0.2) is 16.1 Å². The van der Waals surface area contributed by atoms with Gasteiger partial charge in [0.1, 0.15) is 5.01 Å². The number of thiazole rings is 1. The van der Waals surface area contributed by atoms with Crippen LogP contribution in [0.5, 0.6) is 0 Å². The molecule has 2 aromatic rings. The fourth-order valence-electron chi connectivity index (χ4n) is 1.33. The first kappa shape index (κ1) is 12.5. The molecule has 1 aromatic carbocycles. The number of carboxylic acid groups (broad SMARTS) is 1. The minimum absolute atomic E-state index is 0.0539. The summed E-state index contributed by atoms with van der Waals surface area (Å²) in [6.07, 6.45) is -0.0539. The number of carbonyl (C=O) groups is 1. The second kappa shape index (κ2) is 5.16. The molecule has 0 aliphatic heterocycles. The Morgan fingerprint density at radius 3 is 2.94 bits per heavy atom. The van der Waals surface area contributed by atoms with Gasteiger partial charge in [-0.25, -0.2) is 4.98 Å². The second-order valence-electron chi connectivity index (χ2n) is 3.34. The SMILES string of the molecule is O=C(O)Cc1csc(-c2ccc(Cl)cc2Br)n1. The van der Waals surface area contributed by atoms with Crippen molar-refractivity contribution in [1.29, 1.82) is 0 Å². The van der Waals surface area contributed by atoms with E-state index in [1.54, 1.807) is 17.5 Å². The summed E-state index contributed by atoms with van der Waals surface area (Å²) in [6.45, 7) is 0. The average molecular weight is 333 g/mol. The van der Waals surface area contributed by atoms with Crippen molar-refractivity contribution in [1.82, 2.24) is 4.98 Å². The third-order valence-electron chi connectivity index (χ3n) is 2.05. The zero-order valence-electron chi connectivity index (χ0n) is 8.48. The molecule has 3 nitrogen and oxygen atoms in total. The maximum atomic E-state index is 10.6. The summed E-state index contributed by atoms with van der Waals surface area (Å²) in [6, 6.07) is 5.42. The summed E-state index contributed by atoms with van der Waals surface area (Å²) < 4.78 is 0.848. The average Bonchev–Trinajstić information content (AvgIpc) is 2.65. The van der Waals surface area contributed by atoms with E-state index in [2.05, 4.69) is 20.9 Å². The number of hydrogen-bond acceptors (Lipinski definition) is 3. The molecule has 0 bridgehead atoms. The van der Waals surface area contributed by atoms with Crippen molar-refractivity contribution in [3.63, 3.8) is 0 Å². The highest BCUT2D eigenvalue weighted by molar-refractivity contribution is 9.10. The molecular weight excluding hydrogens is 326 g/mol. The molecule has 1 N–H and O–H groups in total. The van der Waals surface area contributed by atoms with Crippen molar-refractivity contribution in [3.8, 4) is 10.6 Å². The Kier molecular flexibility index (Phi) is 3.81. The zero-order valence-corrected chi connectivity index (χ0v) is 11.6. The molecule has 0 fully saturated rings. The number of rotatable bonds is 3. The molecule has 0 atom stereocenters. The van der Waals surface area contributed by atoms with Crippen LogP contribution in [0.4, 0.5) is 0 Å². The van der Waals surface area contributed by atoms with E-state index < -0.39 is 5.97 Å². The number of aromatic nitrogens is 1. The summed E-state index contributed by atoms with van der Waals surface area (Å²) in [4.78, 5) is 14.8. The summed E-state index contributed by atoms with van der Waals surface area (Å²) >= 11 is 10.7. The predicted octanol–water partition coefficient (Wildman–Crippen LogP) is 3.85. The van der Waals surface area contributed by atoms with Crippen molar-refractivity contribution < 1.29 is 9.90 Å². The van der Waals surface area contributed by atoms with Gasteiger partial charge in [0.05, 0.1) is 12.1 Å². The van der Waals surface area contributed by atoms with E-state index in [1.807, 2.05) is 6.07 Å². The second-order valence-corrected chi connectivity index (χ2v) is 5.49. The first-order valence-corrected chi connectivity index (χ1v) is 6.73. The van der Waals surface area contributed by atoms with Crippen LogP contribution in [0.25, 0.3) is 10.6 Å². The van der Waals surface area contributed by atoms with Gasteiger partial charge in [-0.15, -0.1) is 11.3 Å². The van der Waals surface area contributed by atoms with Gasteiger partial charge in [0.15, 0.2) is 0 Å². The molecule has 0 aliphatic rings. The number of hydrogen-bond donors (Lipinski definition) is 1. The lowest BCUT2D eigenvalue weighted by Gasteiger charge is -2.00. The van der Waals surface area contributed by atoms with E-state index in [0.29, 0.717) is 10.7 Å². The van der Waals surface area contributed by atoms with Gasteiger partial charge >= 0.3 is 5.97 Å². The summed E-state index contributed by atoms with van der Waals surface area (Å²) in [5.41, 5.74) is 1.48. The fourth-order valence-corrected chi connectivity index (χ4v) is 3.19. The van der Waals surface area contributed by atoms with E-state index in [1.165, 1.54) is 11.3 Å². The lowest BCUT2D eigenvalue weighted by molar-refractivity contribution is -0.136. The van der Waals surface area contributed by atoms with Crippen LogP contribution in [-0.2, 0) is 11.2 Å². The third-order valence-corrected chi connectivity index (χ3v) is 3.86. The Labute approximate surface area is 115 Å². The smallest absolute Gasteiger partial charge is 0.309 e. The van der Waals surface area contributed by atoms with Crippen molar-refractivity contribution in [2.45, 2.75) is 6.42 Å². The van der Waals surface area contributed by atoms with Crippen LogP contribution in [0, 0.1) is 0 Å². The van der Waals surface area contributed by atoms with Gasteiger partial charge in [0.2, 0.25) is 0 Å². The predicted molar refractivity (Wildman–Crippen MR) is 71.6 cm³/mol. The van der Waals surface area contributed by atoms with E-state index in [-0.39, 0.29) is 6.42 Å². The normalized spacial score (nSPS) is 10.5. The molecule has 1 aromatic heterocycles. The molecule has 0 saturated carbocycles. The Bertz CT molecular complexity index is 570. The van der Waals surface area contributed by atoms with E-state index in [4.69, 9.17) is 16.7 Å². The van der Waals surface area contributed by atoms with Crippen molar-refractivity contribution in [2.24, 2.45) is 0 Å². The quantitative estimate of drug-likeness (QED) is 0.928. The lowest BCUT2D eigenvalue weighted by atomic mass is 10.2. The first-order chi connectivity index (χ1) is 8.06. The molecule has 0 spiro atoms. The fraction of sp³-hybridized carbons (Fsp3) is 0.0909. The molecule has 0 unspecified atom stereocenters. The van der Waals surface area contributed by atoms with Crippen LogP contribution < -0.4 is 0 Å². The molecule has 0 amide bonds. The molecular formula is C11H7BrClNO2S. The van der Waals surface area contributed by atoms with Gasteiger partial charge in [-0.1, -0.05) is 27.5 Å². The topological polar surface area (TPSA) is 50.2 Å². The summed E-state index contributed by atoms with van der Waals surface area (Å²) in [7, 11) is 0. The standard InChI is InChI=1S/C11H7BrClNO2S/c12-9-3-6(13)1-2-8(9)11-14-7(5-17-11)4-10(15)16/h1-3,5H,4H2,(H,15,16).